The van der Waals surface area contributed by atoms with Crippen LogP contribution in [0.1, 0.15) is 59.3 Å². The van der Waals surface area contributed by atoms with E-state index in [1.165, 1.54) is 32.1 Å². The molecule has 1 unspecified atom stereocenters. The Balaban J connectivity index is 0.00000103. The highest BCUT2D eigenvalue weighted by molar-refractivity contribution is 7.87. The van der Waals surface area contributed by atoms with Gasteiger partial charge in [-0.3, -0.25) is 9.35 Å². The zero-order valence-corrected chi connectivity index (χ0v) is 24.1. The van der Waals surface area contributed by atoms with Crippen LogP contribution in [-0.2, 0) is 14.9 Å². The van der Waals surface area contributed by atoms with Crippen LogP contribution < -0.4 is 0 Å². The molecule has 0 heterocycles. The van der Waals surface area contributed by atoms with Gasteiger partial charge in [0.25, 0.3) is 0 Å². The van der Waals surface area contributed by atoms with Crippen molar-refractivity contribution in [1.29, 1.82) is 0 Å². The molecule has 1 saturated carbocycles. The molecule has 0 radical (unpaired) electrons. The molecular formula is C21H25F17O4S2. The smallest absolute Gasteiger partial charge is 0.299 e. The monoisotopic (exact) mass is 728 g/mol. The summed E-state index contributed by atoms with van der Waals surface area (Å²) in [4.78, 5) is 11.9. The summed E-state index contributed by atoms with van der Waals surface area (Å²) in [7, 11) is -7.89. The lowest BCUT2D eigenvalue weighted by atomic mass is 9.81. The van der Waals surface area contributed by atoms with Crippen molar-refractivity contribution in [2.75, 3.05) is 0 Å². The predicted octanol–water partition coefficient (Wildman–Crippen LogP) is 8.71. The summed E-state index contributed by atoms with van der Waals surface area (Å²) in [5, 5.41) is -7.55. The first-order valence-corrected chi connectivity index (χ1v) is 13.8. The average Bonchev–Trinajstić information content (AvgIpc) is 2.82. The topological polar surface area (TPSA) is 71.4 Å². The van der Waals surface area contributed by atoms with E-state index in [-0.39, 0.29) is 10.7 Å². The highest BCUT2D eigenvalue weighted by atomic mass is 32.2. The summed E-state index contributed by atoms with van der Waals surface area (Å²) >= 11 is 4.62. The van der Waals surface area contributed by atoms with Gasteiger partial charge in [0, 0.05) is 17.1 Å². The maximum absolute atomic E-state index is 13.0. The molecule has 0 amide bonds. The van der Waals surface area contributed by atoms with Gasteiger partial charge in [0.2, 0.25) is 0 Å². The van der Waals surface area contributed by atoms with Crippen LogP contribution in [0.5, 0.6) is 0 Å². The summed E-state index contributed by atoms with van der Waals surface area (Å²) in [6, 6.07) is 0. The lowest BCUT2D eigenvalue weighted by Gasteiger charge is -2.42. The minimum Gasteiger partial charge on any atom is -0.299 e. The number of carbonyl (C=O) groups excluding carboxylic acids is 1. The van der Waals surface area contributed by atoms with Gasteiger partial charge in [0.05, 0.1) is 0 Å². The van der Waals surface area contributed by atoms with Crippen molar-refractivity contribution in [3.8, 4) is 0 Å². The van der Waals surface area contributed by atoms with Gasteiger partial charge in [-0.2, -0.15) is 95.7 Å². The summed E-state index contributed by atoms with van der Waals surface area (Å²) < 4.78 is 242. The van der Waals surface area contributed by atoms with Crippen molar-refractivity contribution >= 4 is 28.5 Å². The third-order valence-corrected chi connectivity index (χ3v) is 7.95. The van der Waals surface area contributed by atoms with Crippen molar-refractivity contribution in [3.05, 3.63) is 0 Å². The summed E-state index contributed by atoms with van der Waals surface area (Å²) in [6.45, 7) is 5.99. The van der Waals surface area contributed by atoms with Gasteiger partial charge in [-0.1, -0.05) is 40.0 Å². The van der Waals surface area contributed by atoms with E-state index >= 15 is 0 Å². The fourth-order valence-electron chi connectivity index (χ4n) is 3.49. The zero-order chi connectivity index (χ0) is 36.0. The van der Waals surface area contributed by atoms with Crippen LogP contribution in [-0.4, -0.2) is 71.0 Å². The van der Waals surface area contributed by atoms with Crippen LogP contribution in [0.3, 0.4) is 0 Å². The molecule has 1 rings (SSSR count). The van der Waals surface area contributed by atoms with Crippen molar-refractivity contribution in [2.24, 2.45) is 11.3 Å². The molecule has 0 aliphatic heterocycles. The fourth-order valence-corrected chi connectivity index (χ4v) is 4.41. The Morgan fingerprint density at radius 2 is 0.977 bits per heavy atom. The van der Waals surface area contributed by atoms with E-state index in [4.69, 9.17) is 4.55 Å². The fraction of sp³-hybridized carbons (Fsp3) is 0.952. The molecule has 0 saturated heterocycles. The summed E-state index contributed by atoms with van der Waals surface area (Å²) in [6.07, 6.45) is -0.679. The second-order valence-electron chi connectivity index (χ2n) is 10.8. The van der Waals surface area contributed by atoms with Crippen molar-refractivity contribution in [2.45, 2.75) is 112 Å². The molecule has 4 nitrogen and oxygen atoms in total. The molecule has 0 aromatic heterocycles. The van der Waals surface area contributed by atoms with E-state index in [1.807, 2.05) is 20.8 Å². The number of hydrogen-bond donors (Lipinski definition) is 2. The van der Waals surface area contributed by atoms with Gasteiger partial charge in [-0.25, -0.2) is 0 Å². The van der Waals surface area contributed by atoms with E-state index in [0.717, 1.165) is 0 Å². The summed E-state index contributed by atoms with van der Waals surface area (Å²) in [5.74, 6) is -50.9. The number of alkyl halides is 17. The maximum Gasteiger partial charge on any atom is 0.460 e. The quantitative estimate of drug-likeness (QED) is 0.134. The van der Waals surface area contributed by atoms with Crippen molar-refractivity contribution < 1.29 is 92.4 Å². The number of Topliss-reactive ketones (excluding diaryl/α,β-unsaturated/α-hetero) is 1. The molecule has 1 aliphatic rings. The van der Waals surface area contributed by atoms with Gasteiger partial charge >= 0.3 is 57.1 Å². The largest absolute Gasteiger partial charge is 0.460 e. The minimum absolute atomic E-state index is 0.199. The Bertz CT molecular complexity index is 1110. The van der Waals surface area contributed by atoms with Gasteiger partial charge in [-0.05, 0) is 18.8 Å². The molecule has 1 aliphatic carbocycles. The number of ketones is 1. The molecule has 0 spiro atoms. The summed E-state index contributed by atoms with van der Waals surface area (Å²) in [5.41, 5.74) is -0.199. The van der Waals surface area contributed by atoms with Gasteiger partial charge in [0.1, 0.15) is 5.78 Å². The van der Waals surface area contributed by atoms with Crippen LogP contribution in [0.25, 0.3) is 0 Å². The van der Waals surface area contributed by atoms with Crippen molar-refractivity contribution in [1.82, 2.24) is 0 Å². The number of halogens is 17. The van der Waals surface area contributed by atoms with Crippen LogP contribution in [0, 0.1) is 11.3 Å². The lowest BCUT2D eigenvalue weighted by molar-refractivity contribution is -0.458. The number of rotatable bonds is 10. The van der Waals surface area contributed by atoms with E-state index in [1.54, 1.807) is 0 Å². The molecule has 23 heteroatoms. The average molecular weight is 729 g/mol. The van der Waals surface area contributed by atoms with E-state index < -0.39 is 57.1 Å². The zero-order valence-electron chi connectivity index (χ0n) is 22.4. The first-order chi connectivity index (χ1) is 18.9. The second-order valence-corrected chi connectivity index (χ2v) is 12.9. The van der Waals surface area contributed by atoms with Crippen LogP contribution >= 0.6 is 12.6 Å². The molecule has 44 heavy (non-hydrogen) atoms. The Hall–Kier alpha value is -1.26. The van der Waals surface area contributed by atoms with Crippen molar-refractivity contribution in [3.63, 3.8) is 0 Å². The molecule has 1 atom stereocenters. The van der Waals surface area contributed by atoms with Gasteiger partial charge in [0.15, 0.2) is 0 Å². The highest BCUT2D eigenvalue weighted by Gasteiger charge is 2.96. The first kappa shape index (κ1) is 42.7. The predicted molar refractivity (Wildman–Crippen MR) is 121 cm³/mol. The Morgan fingerprint density at radius 1 is 0.659 bits per heavy atom. The standard InChI is InChI=1S/C13H24OS.C8HF17O3S/c1-13(2,3)12(14)9-11(15)10-7-5-4-6-8-10;9-1(10,3(13,14)5(17,18)7(21,22)23)2(11,12)4(15,16)6(19,20)8(24,25)29(26,27)28/h10-11,15H,4-9H2,1-3H3;(H,26,27,28). The Kier molecular flexibility index (Phi) is 12.4. The highest BCUT2D eigenvalue weighted by Crippen LogP contribution is 2.64. The second kappa shape index (κ2) is 12.7. The molecular weight excluding hydrogens is 703 g/mol. The van der Waals surface area contributed by atoms with E-state index in [0.29, 0.717) is 18.1 Å². The molecule has 1 fully saturated rings. The third kappa shape index (κ3) is 7.48. The number of carbonyl (C=O) groups is 1. The minimum atomic E-state index is -8.89. The van der Waals surface area contributed by atoms with Crippen LogP contribution in [0.2, 0.25) is 0 Å². The normalized spacial score (nSPS) is 18.4. The van der Waals surface area contributed by atoms with E-state index in [2.05, 4.69) is 12.6 Å². The molecule has 1 N–H and O–H groups in total. The maximum atomic E-state index is 13.0. The SMILES string of the molecule is CC(C)(C)C(=O)CC(S)C1CCCCC1.O=S(=O)(O)C(F)(F)C(F)(F)C(F)(F)C(F)(F)C(F)(F)C(F)(F)C(F)(F)C(F)(F)F. The van der Waals surface area contributed by atoms with Gasteiger partial charge < -0.3 is 0 Å². The lowest BCUT2D eigenvalue weighted by Crippen LogP contribution is -2.74. The molecule has 0 aromatic rings. The molecule has 0 aromatic carbocycles. The first-order valence-electron chi connectivity index (χ1n) is 11.8. The Labute approximate surface area is 244 Å². The molecule has 264 valence electrons. The van der Waals surface area contributed by atoms with E-state index in [9.17, 15) is 87.8 Å². The van der Waals surface area contributed by atoms with Crippen LogP contribution in [0.4, 0.5) is 74.6 Å². The van der Waals surface area contributed by atoms with Gasteiger partial charge in [-0.15, -0.1) is 0 Å². The number of hydrogen-bond acceptors (Lipinski definition) is 4. The molecule has 0 bridgehead atoms. The number of thiol groups is 1. The van der Waals surface area contributed by atoms with Crippen LogP contribution in [0.15, 0.2) is 0 Å². The third-order valence-electron chi connectivity index (χ3n) is 6.44. The Morgan fingerprint density at radius 3 is 1.27 bits per heavy atom.